The van der Waals surface area contributed by atoms with E-state index in [0.717, 1.165) is 18.9 Å². The minimum absolute atomic E-state index is 0.0199. The van der Waals surface area contributed by atoms with Crippen LogP contribution < -0.4 is 9.64 Å². The number of anilines is 1. The minimum atomic E-state index is -0.752. The SMILES string of the molecule is COc1cc(N2CCCC3(C2)OCCO3)c([N+](=O)[O-])cc1F. The molecule has 0 N–H and O–H groups in total. The molecule has 0 atom stereocenters. The van der Waals surface area contributed by atoms with E-state index < -0.39 is 16.5 Å². The molecule has 1 aromatic carbocycles. The molecule has 0 radical (unpaired) electrons. The Morgan fingerprint density at radius 3 is 2.77 bits per heavy atom. The fourth-order valence-corrected chi connectivity index (χ4v) is 3.01. The number of nitrogens with zero attached hydrogens (tertiary/aromatic N) is 2. The smallest absolute Gasteiger partial charge is 0.295 e. The second-order valence-corrected chi connectivity index (χ2v) is 5.37. The number of hydrogen-bond donors (Lipinski definition) is 0. The minimum Gasteiger partial charge on any atom is -0.494 e. The lowest BCUT2D eigenvalue weighted by molar-refractivity contribution is -0.384. The fourth-order valence-electron chi connectivity index (χ4n) is 3.01. The molecule has 0 amide bonds. The molecule has 1 aromatic rings. The Morgan fingerprint density at radius 2 is 2.14 bits per heavy atom. The molecule has 2 saturated heterocycles. The van der Waals surface area contributed by atoms with E-state index in [1.165, 1.54) is 13.2 Å². The molecule has 0 bridgehead atoms. The zero-order chi connectivity index (χ0) is 15.7. The average molecular weight is 312 g/mol. The quantitative estimate of drug-likeness (QED) is 0.628. The predicted octanol–water partition coefficient (Wildman–Crippen LogP) is 2.09. The summed E-state index contributed by atoms with van der Waals surface area (Å²) in [5, 5.41) is 11.2. The van der Waals surface area contributed by atoms with Crippen molar-refractivity contribution in [2.24, 2.45) is 0 Å². The van der Waals surface area contributed by atoms with Crippen molar-refractivity contribution in [2.45, 2.75) is 18.6 Å². The molecule has 2 heterocycles. The summed E-state index contributed by atoms with van der Waals surface area (Å²) >= 11 is 0. The molecule has 0 aliphatic carbocycles. The Bertz CT molecular complexity index is 589. The maximum Gasteiger partial charge on any atom is 0.295 e. The monoisotopic (exact) mass is 312 g/mol. The second-order valence-electron chi connectivity index (χ2n) is 5.37. The first-order chi connectivity index (χ1) is 10.5. The summed E-state index contributed by atoms with van der Waals surface area (Å²) in [5.41, 5.74) is 0.0368. The summed E-state index contributed by atoms with van der Waals surface area (Å²) in [7, 11) is 1.33. The zero-order valence-corrected chi connectivity index (χ0v) is 12.2. The molecule has 120 valence electrons. The Labute approximate surface area is 126 Å². The number of methoxy groups -OCH3 is 1. The third-order valence-electron chi connectivity index (χ3n) is 4.02. The van der Waals surface area contributed by atoms with Gasteiger partial charge in [0.25, 0.3) is 5.69 Å². The van der Waals surface area contributed by atoms with E-state index in [1.807, 2.05) is 0 Å². The van der Waals surface area contributed by atoms with Gasteiger partial charge in [0.2, 0.25) is 0 Å². The van der Waals surface area contributed by atoms with E-state index in [0.29, 0.717) is 32.0 Å². The molecule has 2 aliphatic rings. The molecule has 22 heavy (non-hydrogen) atoms. The van der Waals surface area contributed by atoms with Crippen molar-refractivity contribution in [3.63, 3.8) is 0 Å². The van der Waals surface area contributed by atoms with Gasteiger partial charge in [-0.2, -0.15) is 0 Å². The van der Waals surface area contributed by atoms with Crippen molar-refractivity contribution >= 4 is 11.4 Å². The Kier molecular flexibility index (Phi) is 3.88. The average Bonchev–Trinajstić information content (AvgIpc) is 2.94. The number of rotatable bonds is 3. The van der Waals surface area contributed by atoms with Crippen LogP contribution in [0, 0.1) is 15.9 Å². The van der Waals surface area contributed by atoms with Crippen molar-refractivity contribution in [2.75, 3.05) is 38.3 Å². The lowest BCUT2D eigenvalue weighted by atomic mass is 10.0. The number of benzene rings is 1. The number of nitro benzene ring substituents is 1. The third kappa shape index (κ3) is 2.59. The van der Waals surface area contributed by atoms with Crippen LogP contribution in [-0.2, 0) is 9.47 Å². The van der Waals surface area contributed by atoms with Gasteiger partial charge in [-0.05, 0) is 6.42 Å². The van der Waals surface area contributed by atoms with Crippen molar-refractivity contribution in [3.8, 4) is 5.75 Å². The highest BCUT2D eigenvalue weighted by Crippen LogP contribution is 2.39. The molecule has 0 unspecified atom stereocenters. The van der Waals surface area contributed by atoms with Gasteiger partial charge in [-0.3, -0.25) is 10.1 Å². The van der Waals surface area contributed by atoms with Crippen LogP contribution in [0.25, 0.3) is 0 Å². The van der Waals surface area contributed by atoms with Crippen LogP contribution in [0.15, 0.2) is 12.1 Å². The van der Waals surface area contributed by atoms with Gasteiger partial charge in [0, 0.05) is 19.0 Å². The summed E-state index contributed by atoms with van der Waals surface area (Å²) in [4.78, 5) is 12.5. The topological polar surface area (TPSA) is 74.1 Å². The van der Waals surface area contributed by atoms with Gasteiger partial charge in [0.15, 0.2) is 17.4 Å². The molecule has 3 rings (SSSR count). The van der Waals surface area contributed by atoms with Crippen LogP contribution in [0.2, 0.25) is 0 Å². The normalized spacial score (nSPS) is 20.4. The van der Waals surface area contributed by atoms with Crippen molar-refractivity contribution < 1.29 is 23.5 Å². The number of hydrogen-bond acceptors (Lipinski definition) is 6. The van der Waals surface area contributed by atoms with Gasteiger partial charge in [-0.25, -0.2) is 4.39 Å². The van der Waals surface area contributed by atoms with E-state index in [2.05, 4.69) is 0 Å². The van der Waals surface area contributed by atoms with E-state index >= 15 is 0 Å². The third-order valence-corrected chi connectivity index (χ3v) is 4.02. The second kappa shape index (κ2) is 5.69. The van der Waals surface area contributed by atoms with Gasteiger partial charge in [0.1, 0.15) is 5.69 Å². The molecular formula is C14H17FN2O5. The van der Waals surface area contributed by atoms with Gasteiger partial charge in [0.05, 0.1) is 37.9 Å². The summed E-state index contributed by atoms with van der Waals surface area (Å²) in [5.74, 6) is -1.49. The van der Waals surface area contributed by atoms with Gasteiger partial charge in [-0.1, -0.05) is 0 Å². The summed E-state index contributed by atoms with van der Waals surface area (Å²) < 4.78 is 30.0. The van der Waals surface area contributed by atoms with E-state index in [-0.39, 0.29) is 11.4 Å². The molecule has 2 aliphatic heterocycles. The fraction of sp³-hybridized carbons (Fsp3) is 0.571. The number of ether oxygens (including phenoxy) is 3. The van der Waals surface area contributed by atoms with Crippen molar-refractivity contribution in [1.82, 2.24) is 0 Å². The zero-order valence-electron chi connectivity index (χ0n) is 12.2. The molecular weight excluding hydrogens is 295 g/mol. The van der Waals surface area contributed by atoms with Crippen LogP contribution >= 0.6 is 0 Å². The van der Waals surface area contributed by atoms with E-state index in [4.69, 9.17) is 14.2 Å². The summed E-state index contributed by atoms with van der Waals surface area (Å²) in [6.07, 6.45) is 1.52. The maximum absolute atomic E-state index is 13.8. The Balaban J connectivity index is 1.97. The summed E-state index contributed by atoms with van der Waals surface area (Å²) in [6, 6.07) is 2.26. The Morgan fingerprint density at radius 1 is 1.41 bits per heavy atom. The van der Waals surface area contributed by atoms with Gasteiger partial charge >= 0.3 is 0 Å². The van der Waals surface area contributed by atoms with Crippen LogP contribution in [-0.4, -0.2) is 44.1 Å². The first-order valence-electron chi connectivity index (χ1n) is 7.09. The Hall–Kier alpha value is -1.93. The van der Waals surface area contributed by atoms with E-state index in [1.54, 1.807) is 4.90 Å². The van der Waals surface area contributed by atoms with Crippen LogP contribution in [0.3, 0.4) is 0 Å². The highest BCUT2D eigenvalue weighted by Gasteiger charge is 2.42. The molecule has 2 fully saturated rings. The number of halogens is 1. The van der Waals surface area contributed by atoms with Crippen LogP contribution in [0.5, 0.6) is 5.75 Å². The summed E-state index contributed by atoms with van der Waals surface area (Å²) in [6.45, 7) is 2.03. The molecule has 0 saturated carbocycles. The highest BCUT2D eigenvalue weighted by molar-refractivity contribution is 5.66. The van der Waals surface area contributed by atoms with Gasteiger partial charge < -0.3 is 19.1 Å². The lowest BCUT2D eigenvalue weighted by Crippen LogP contribution is -2.49. The first kappa shape index (κ1) is 15.0. The molecule has 1 spiro atoms. The molecule has 8 heteroatoms. The number of piperidine rings is 1. The van der Waals surface area contributed by atoms with Crippen LogP contribution in [0.4, 0.5) is 15.8 Å². The number of nitro groups is 1. The predicted molar refractivity (Wildman–Crippen MR) is 75.7 cm³/mol. The van der Waals surface area contributed by atoms with Crippen molar-refractivity contribution in [3.05, 3.63) is 28.1 Å². The first-order valence-corrected chi connectivity index (χ1v) is 7.09. The van der Waals surface area contributed by atoms with E-state index in [9.17, 15) is 14.5 Å². The lowest BCUT2D eigenvalue weighted by Gasteiger charge is -2.39. The standard InChI is InChI=1S/C14H17FN2O5/c1-20-13-8-11(12(17(18)19)7-10(13)15)16-4-2-3-14(9-16)21-5-6-22-14/h7-8H,2-6,9H2,1H3. The molecule has 7 nitrogen and oxygen atoms in total. The van der Waals surface area contributed by atoms with Gasteiger partial charge in [-0.15, -0.1) is 0 Å². The van der Waals surface area contributed by atoms with Crippen molar-refractivity contribution in [1.29, 1.82) is 0 Å². The van der Waals surface area contributed by atoms with Crippen LogP contribution in [0.1, 0.15) is 12.8 Å². The highest BCUT2D eigenvalue weighted by atomic mass is 19.1. The largest absolute Gasteiger partial charge is 0.494 e. The maximum atomic E-state index is 13.8. The molecule has 0 aromatic heterocycles.